The van der Waals surface area contributed by atoms with Crippen LogP contribution in [-0.2, 0) is 0 Å². The van der Waals surface area contributed by atoms with Crippen LogP contribution < -0.4 is 16.0 Å². The van der Waals surface area contributed by atoms with E-state index in [2.05, 4.69) is 57.2 Å². The molecule has 3 rings (SSSR count). The summed E-state index contributed by atoms with van der Waals surface area (Å²) in [5.74, 6) is 0. The summed E-state index contributed by atoms with van der Waals surface area (Å²) in [6.45, 7) is 6.78. The molecule has 0 aromatic rings. The second-order valence-electron chi connectivity index (χ2n) is 6.83. The summed E-state index contributed by atoms with van der Waals surface area (Å²) >= 11 is 0. The Bertz CT molecular complexity index is 389. The molecule has 0 spiro atoms. The smallest absolute Gasteiger partial charge is 0.0726 e. The van der Waals surface area contributed by atoms with Crippen LogP contribution in [0.3, 0.4) is 0 Å². The zero-order valence-corrected chi connectivity index (χ0v) is 13.8. The van der Waals surface area contributed by atoms with Crippen LogP contribution >= 0.6 is 0 Å². The summed E-state index contributed by atoms with van der Waals surface area (Å²) in [5.41, 5.74) is 0. The quantitative estimate of drug-likeness (QED) is 0.660. The molecule has 0 aromatic heterocycles. The van der Waals surface area contributed by atoms with Gasteiger partial charge in [-0.25, -0.2) is 0 Å². The third-order valence-electron chi connectivity index (χ3n) is 5.01. The fraction of sp³-hybridized carbons (Fsp3) is 0.765. The Morgan fingerprint density at radius 3 is 2.73 bits per heavy atom. The van der Waals surface area contributed by atoms with Crippen LogP contribution in [0, 0.1) is 0 Å². The minimum absolute atomic E-state index is 0.431. The number of nitrogens with one attached hydrogen (secondary N) is 3. The van der Waals surface area contributed by atoms with E-state index in [4.69, 9.17) is 0 Å². The van der Waals surface area contributed by atoms with E-state index in [0.29, 0.717) is 18.2 Å². The van der Waals surface area contributed by atoms with Crippen LogP contribution in [0.25, 0.3) is 0 Å². The van der Waals surface area contributed by atoms with Crippen LogP contribution in [0.4, 0.5) is 0 Å². The Morgan fingerprint density at radius 2 is 2.05 bits per heavy atom. The normalized spacial score (nSPS) is 32.5. The molecule has 3 N–H and O–H groups in total. The number of nitrogens with zero attached hydrogens (tertiary/aromatic N) is 2. The maximum atomic E-state index is 3.69. The average Bonchev–Trinajstić information content (AvgIpc) is 2.94. The van der Waals surface area contributed by atoms with Gasteiger partial charge in [0.1, 0.15) is 0 Å². The van der Waals surface area contributed by atoms with E-state index in [0.717, 1.165) is 32.7 Å². The summed E-state index contributed by atoms with van der Waals surface area (Å²) in [6, 6.07) is 1.09. The van der Waals surface area contributed by atoms with Gasteiger partial charge in [-0.2, -0.15) is 0 Å². The highest BCUT2D eigenvalue weighted by molar-refractivity contribution is 5.12. The van der Waals surface area contributed by atoms with Crippen molar-refractivity contribution >= 4 is 0 Å². The van der Waals surface area contributed by atoms with E-state index < -0.39 is 0 Å². The van der Waals surface area contributed by atoms with Crippen LogP contribution in [-0.4, -0.2) is 74.4 Å². The molecular weight excluding hydrogens is 274 g/mol. The largest absolute Gasteiger partial charge is 0.383 e. The predicted molar refractivity (Wildman–Crippen MR) is 91.7 cm³/mol. The first-order chi connectivity index (χ1) is 10.8. The molecule has 3 heterocycles. The van der Waals surface area contributed by atoms with Gasteiger partial charge in [-0.3, -0.25) is 15.1 Å². The molecule has 0 aromatic carbocycles. The third-order valence-corrected chi connectivity index (χ3v) is 5.01. The lowest BCUT2D eigenvalue weighted by Gasteiger charge is -2.35. The molecule has 3 atom stereocenters. The second kappa shape index (κ2) is 8.11. The van der Waals surface area contributed by atoms with Crippen LogP contribution in [0.5, 0.6) is 0 Å². The maximum absolute atomic E-state index is 3.69. The SMILES string of the molecule is CN1CCNC1CN(CC1C=CC=CN1)CC1CCCCN1. The number of hydrogen-bond donors (Lipinski definition) is 3. The summed E-state index contributed by atoms with van der Waals surface area (Å²) < 4.78 is 0. The van der Waals surface area contributed by atoms with Gasteiger partial charge in [0.15, 0.2) is 0 Å². The highest BCUT2D eigenvalue weighted by atomic mass is 15.3. The molecular formula is C17H31N5. The number of piperidine rings is 1. The lowest BCUT2D eigenvalue weighted by Crippen LogP contribution is -2.52. The molecule has 124 valence electrons. The van der Waals surface area contributed by atoms with Gasteiger partial charge in [0.25, 0.3) is 0 Å². The van der Waals surface area contributed by atoms with E-state index >= 15 is 0 Å². The molecule has 2 saturated heterocycles. The second-order valence-corrected chi connectivity index (χ2v) is 6.83. The van der Waals surface area contributed by atoms with Gasteiger partial charge in [0, 0.05) is 38.8 Å². The highest BCUT2D eigenvalue weighted by Gasteiger charge is 2.25. The fourth-order valence-corrected chi connectivity index (χ4v) is 3.66. The molecule has 0 bridgehead atoms. The van der Waals surface area contributed by atoms with Gasteiger partial charge < -0.3 is 10.6 Å². The third kappa shape index (κ3) is 4.56. The monoisotopic (exact) mass is 305 g/mol. The zero-order chi connectivity index (χ0) is 15.2. The van der Waals surface area contributed by atoms with Crippen LogP contribution in [0.15, 0.2) is 24.4 Å². The van der Waals surface area contributed by atoms with Gasteiger partial charge in [0.2, 0.25) is 0 Å². The minimum atomic E-state index is 0.431. The summed E-state index contributed by atoms with van der Waals surface area (Å²) in [4.78, 5) is 5.06. The topological polar surface area (TPSA) is 42.6 Å². The number of likely N-dealkylation sites (N-methyl/N-ethyl adjacent to an activating group) is 1. The first-order valence-electron chi connectivity index (χ1n) is 8.80. The van der Waals surface area contributed by atoms with Crippen molar-refractivity contribution in [3.63, 3.8) is 0 Å². The molecule has 3 aliphatic heterocycles. The lowest BCUT2D eigenvalue weighted by molar-refractivity contribution is 0.157. The average molecular weight is 305 g/mol. The van der Waals surface area contributed by atoms with Crippen molar-refractivity contribution in [2.75, 3.05) is 46.3 Å². The van der Waals surface area contributed by atoms with Gasteiger partial charge >= 0.3 is 0 Å². The summed E-state index contributed by atoms with van der Waals surface area (Å²) in [5, 5.41) is 10.8. The number of hydrogen-bond acceptors (Lipinski definition) is 5. The zero-order valence-electron chi connectivity index (χ0n) is 13.8. The summed E-state index contributed by atoms with van der Waals surface area (Å²) in [7, 11) is 2.23. The van der Waals surface area contributed by atoms with E-state index in [9.17, 15) is 0 Å². The van der Waals surface area contributed by atoms with E-state index in [-0.39, 0.29) is 0 Å². The Kier molecular flexibility index (Phi) is 5.89. The van der Waals surface area contributed by atoms with Crippen molar-refractivity contribution in [2.24, 2.45) is 0 Å². The standard InChI is InChI=1S/C17H31N5/c1-21-11-10-20-17(21)14-22(12-15-6-2-4-8-18-15)13-16-7-3-5-9-19-16/h2,4,6,8,15-20H,3,5,7,9-14H2,1H3. The molecule has 0 amide bonds. The van der Waals surface area contributed by atoms with Crippen molar-refractivity contribution in [3.8, 4) is 0 Å². The van der Waals surface area contributed by atoms with E-state index in [1.54, 1.807) is 0 Å². The van der Waals surface area contributed by atoms with Crippen molar-refractivity contribution in [3.05, 3.63) is 24.4 Å². The van der Waals surface area contributed by atoms with Crippen molar-refractivity contribution in [2.45, 2.75) is 37.5 Å². The van der Waals surface area contributed by atoms with Crippen LogP contribution in [0.2, 0.25) is 0 Å². The number of allylic oxidation sites excluding steroid dienone is 2. The molecule has 5 nitrogen and oxygen atoms in total. The van der Waals surface area contributed by atoms with Gasteiger partial charge in [-0.1, -0.05) is 18.6 Å². The Labute approximate surface area is 134 Å². The van der Waals surface area contributed by atoms with Crippen LogP contribution in [0.1, 0.15) is 19.3 Å². The van der Waals surface area contributed by atoms with Gasteiger partial charge in [-0.05, 0) is 38.7 Å². The number of dihydropyridines is 1. The van der Waals surface area contributed by atoms with E-state index in [1.165, 1.54) is 25.8 Å². The fourth-order valence-electron chi connectivity index (χ4n) is 3.66. The molecule has 22 heavy (non-hydrogen) atoms. The summed E-state index contributed by atoms with van der Waals surface area (Å²) in [6.07, 6.45) is 13.1. The maximum Gasteiger partial charge on any atom is 0.0726 e. The molecule has 0 aliphatic carbocycles. The molecule has 0 radical (unpaired) electrons. The predicted octanol–water partition coefficient (Wildman–Crippen LogP) is 0.333. The minimum Gasteiger partial charge on any atom is -0.383 e. The lowest BCUT2D eigenvalue weighted by atomic mass is 10.0. The molecule has 0 saturated carbocycles. The van der Waals surface area contributed by atoms with Gasteiger partial charge in [-0.15, -0.1) is 0 Å². The Morgan fingerprint density at radius 1 is 1.09 bits per heavy atom. The Hall–Kier alpha value is -0.880. The molecule has 2 fully saturated rings. The van der Waals surface area contributed by atoms with Crippen molar-refractivity contribution in [1.82, 2.24) is 25.8 Å². The van der Waals surface area contributed by atoms with E-state index in [1.807, 2.05) is 0 Å². The van der Waals surface area contributed by atoms with Gasteiger partial charge in [0.05, 0.1) is 12.2 Å². The molecule has 5 heteroatoms. The van der Waals surface area contributed by atoms with Crippen molar-refractivity contribution in [1.29, 1.82) is 0 Å². The molecule has 3 unspecified atom stereocenters. The molecule has 3 aliphatic rings. The number of rotatable bonds is 6. The van der Waals surface area contributed by atoms with Crippen molar-refractivity contribution < 1.29 is 0 Å². The Balaban J connectivity index is 1.56. The first kappa shape index (κ1) is 16.0. The highest BCUT2D eigenvalue weighted by Crippen LogP contribution is 2.11. The first-order valence-corrected chi connectivity index (χ1v) is 8.80.